The molecule has 11 heteroatoms. The van der Waals surface area contributed by atoms with Gasteiger partial charge in [-0.25, -0.2) is 8.78 Å². The maximum Gasteiger partial charge on any atom is 0.268 e. The summed E-state index contributed by atoms with van der Waals surface area (Å²) in [5.41, 5.74) is -0.105. The van der Waals surface area contributed by atoms with Crippen LogP contribution in [0.25, 0.3) is 10.9 Å². The second-order valence-corrected chi connectivity index (χ2v) is 8.89. The van der Waals surface area contributed by atoms with Crippen LogP contribution in [-0.2, 0) is 14.4 Å². The maximum absolute atomic E-state index is 14.0. The zero-order chi connectivity index (χ0) is 25.0. The summed E-state index contributed by atoms with van der Waals surface area (Å²) in [6.07, 6.45) is 0.768. The lowest BCUT2D eigenvalue weighted by Crippen LogP contribution is -2.53. The largest absolute Gasteiger partial charge is 0.389 e. The Kier molecular flexibility index (Phi) is 7.98. The van der Waals surface area contributed by atoms with Crippen LogP contribution in [0, 0.1) is 23.5 Å². The van der Waals surface area contributed by atoms with Crippen molar-refractivity contribution in [1.82, 2.24) is 20.9 Å². The van der Waals surface area contributed by atoms with Crippen LogP contribution in [0.1, 0.15) is 43.6 Å². The third-order valence-electron chi connectivity index (χ3n) is 5.76. The van der Waals surface area contributed by atoms with Gasteiger partial charge in [-0.2, -0.15) is 0 Å². The Balaban J connectivity index is 1.76. The molecule has 1 aromatic carbocycles. The number of carbonyl (C=O) groups excluding carboxylic acids is 4. The van der Waals surface area contributed by atoms with Crippen molar-refractivity contribution < 1.29 is 33.1 Å². The molecule has 2 aromatic rings. The van der Waals surface area contributed by atoms with Crippen molar-refractivity contribution >= 4 is 34.4 Å². The average Bonchev–Trinajstić information content (AvgIpc) is 3.38. The molecule has 0 radical (unpaired) electrons. The molecule has 9 nitrogen and oxygen atoms in total. The van der Waals surface area contributed by atoms with Crippen molar-refractivity contribution in [3.05, 3.63) is 35.5 Å². The Morgan fingerprint density at radius 3 is 2.50 bits per heavy atom. The molecule has 1 saturated heterocycles. The molecule has 1 fully saturated rings. The fourth-order valence-electron chi connectivity index (χ4n) is 4.03. The van der Waals surface area contributed by atoms with Gasteiger partial charge in [-0.1, -0.05) is 13.8 Å². The van der Waals surface area contributed by atoms with E-state index in [4.69, 9.17) is 0 Å². The molecule has 3 amide bonds. The lowest BCUT2D eigenvalue weighted by Gasteiger charge is -2.24. The topological polar surface area (TPSA) is 140 Å². The van der Waals surface area contributed by atoms with Crippen molar-refractivity contribution in [3.8, 4) is 0 Å². The van der Waals surface area contributed by atoms with E-state index >= 15 is 0 Å². The predicted molar refractivity (Wildman–Crippen MR) is 119 cm³/mol. The number of fused-ring (bicyclic) bond motifs is 1. The van der Waals surface area contributed by atoms with Gasteiger partial charge in [-0.05, 0) is 37.3 Å². The number of ketones is 1. The van der Waals surface area contributed by atoms with Crippen molar-refractivity contribution in [2.24, 2.45) is 11.8 Å². The molecule has 5 N–H and O–H groups in total. The highest BCUT2D eigenvalue weighted by atomic mass is 19.1. The van der Waals surface area contributed by atoms with Crippen LogP contribution in [-0.4, -0.2) is 58.8 Å². The minimum atomic E-state index is -1.09. The van der Waals surface area contributed by atoms with Gasteiger partial charge in [0.1, 0.15) is 30.0 Å². The van der Waals surface area contributed by atoms with Gasteiger partial charge >= 0.3 is 0 Å². The molecule has 0 aliphatic carbocycles. The Labute approximate surface area is 194 Å². The van der Waals surface area contributed by atoms with Gasteiger partial charge in [0, 0.05) is 23.9 Å². The zero-order valence-electron chi connectivity index (χ0n) is 18.9. The molecule has 0 spiro atoms. The summed E-state index contributed by atoms with van der Waals surface area (Å²) in [6, 6.07) is 0.903. The summed E-state index contributed by atoms with van der Waals surface area (Å²) in [5.74, 6) is -4.36. The molecule has 1 aliphatic rings. The SMILES string of the molecule is CC(C)CC(NC(=O)c1cc2cc(F)cc(F)c2[nH]1)C(=O)NC(C[C@@H]1CCNC1=O)C(=O)CO. The first-order chi connectivity index (χ1) is 16.1. The fraction of sp³-hybridized carbons (Fsp3) is 0.478. The number of aliphatic hydroxyl groups is 1. The van der Waals surface area contributed by atoms with Gasteiger partial charge in [0.2, 0.25) is 11.8 Å². The van der Waals surface area contributed by atoms with Crippen LogP contribution in [0.2, 0.25) is 0 Å². The van der Waals surface area contributed by atoms with Crippen molar-refractivity contribution in [2.45, 2.75) is 45.2 Å². The third-order valence-corrected chi connectivity index (χ3v) is 5.76. The number of carbonyl (C=O) groups is 4. The summed E-state index contributed by atoms with van der Waals surface area (Å²) in [5, 5.41) is 17.3. The van der Waals surface area contributed by atoms with E-state index in [1.54, 1.807) is 0 Å². The van der Waals surface area contributed by atoms with Gasteiger partial charge < -0.3 is 26.0 Å². The summed E-state index contributed by atoms with van der Waals surface area (Å²) in [4.78, 5) is 52.6. The van der Waals surface area contributed by atoms with Crippen LogP contribution < -0.4 is 16.0 Å². The minimum absolute atomic E-state index is 0.0158. The molecule has 184 valence electrons. The molecular weight excluding hydrogens is 450 g/mol. The molecule has 34 heavy (non-hydrogen) atoms. The zero-order valence-corrected chi connectivity index (χ0v) is 18.9. The van der Waals surface area contributed by atoms with E-state index in [0.29, 0.717) is 19.0 Å². The molecule has 0 saturated carbocycles. The summed E-state index contributed by atoms with van der Waals surface area (Å²) < 4.78 is 27.5. The summed E-state index contributed by atoms with van der Waals surface area (Å²) >= 11 is 0. The van der Waals surface area contributed by atoms with Crippen LogP contribution in [0.4, 0.5) is 8.78 Å². The molecule has 3 rings (SSSR count). The van der Waals surface area contributed by atoms with Gasteiger partial charge in [0.25, 0.3) is 5.91 Å². The molecule has 1 aliphatic heterocycles. The van der Waals surface area contributed by atoms with E-state index in [-0.39, 0.29) is 41.3 Å². The highest BCUT2D eigenvalue weighted by Crippen LogP contribution is 2.21. The number of hydrogen-bond donors (Lipinski definition) is 5. The van der Waals surface area contributed by atoms with Crippen molar-refractivity contribution in [3.63, 3.8) is 0 Å². The molecule has 1 aromatic heterocycles. The van der Waals surface area contributed by atoms with Crippen molar-refractivity contribution in [2.75, 3.05) is 13.2 Å². The number of halogens is 2. The van der Waals surface area contributed by atoms with Crippen LogP contribution in [0.15, 0.2) is 18.2 Å². The average molecular weight is 478 g/mol. The first-order valence-corrected chi connectivity index (χ1v) is 11.1. The molecule has 2 heterocycles. The van der Waals surface area contributed by atoms with E-state index < -0.39 is 53.8 Å². The van der Waals surface area contributed by atoms with Gasteiger partial charge in [-0.15, -0.1) is 0 Å². The number of rotatable bonds is 10. The van der Waals surface area contributed by atoms with Gasteiger partial charge in [0.05, 0.1) is 11.6 Å². The highest BCUT2D eigenvalue weighted by molar-refractivity contribution is 6.01. The number of H-pyrrole nitrogens is 1. The number of amides is 3. The van der Waals surface area contributed by atoms with Crippen LogP contribution >= 0.6 is 0 Å². The van der Waals surface area contributed by atoms with Crippen LogP contribution in [0.3, 0.4) is 0 Å². The second-order valence-electron chi connectivity index (χ2n) is 8.89. The number of aromatic amines is 1. The quantitative estimate of drug-likeness (QED) is 0.349. The Hall–Kier alpha value is -3.34. The first-order valence-electron chi connectivity index (χ1n) is 11.1. The number of Topliss-reactive ketones (excluding diaryl/α,β-unsaturated/α-hetero) is 1. The second kappa shape index (κ2) is 10.7. The predicted octanol–water partition coefficient (Wildman–Crippen LogP) is 1.16. The monoisotopic (exact) mass is 478 g/mol. The van der Waals surface area contributed by atoms with E-state index in [1.165, 1.54) is 6.07 Å². The number of nitrogens with one attached hydrogen (secondary N) is 4. The molecule has 2 unspecified atom stereocenters. The van der Waals surface area contributed by atoms with E-state index in [2.05, 4.69) is 20.9 Å². The first kappa shape index (κ1) is 25.3. The Bertz CT molecular complexity index is 1100. The lowest BCUT2D eigenvalue weighted by molar-refractivity contribution is -0.131. The van der Waals surface area contributed by atoms with E-state index in [0.717, 1.165) is 6.07 Å². The fourth-order valence-corrected chi connectivity index (χ4v) is 4.03. The van der Waals surface area contributed by atoms with E-state index in [9.17, 15) is 33.1 Å². The van der Waals surface area contributed by atoms with E-state index in [1.807, 2.05) is 13.8 Å². The third kappa shape index (κ3) is 5.96. The summed E-state index contributed by atoms with van der Waals surface area (Å²) in [7, 11) is 0. The maximum atomic E-state index is 14.0. The minimum Gasteiger partial charge on any atom is -0.389 e. The summed E-state index contributed by atoms with van der Waals surface area (Å²) in [6.45, 7) is 3.34. The van der Waals surface area contributed by atoms with Gasteiger partial charge in [0.15, 0.2) is 5.78 Å². The number of aromatic nitrogens is 1. The van der Waals surface area contributed by atoms with Gasteiger partial charge in [-0.3, -0.25) is 19.2 Å². The normalized spacial score (nSPS) is 17.5. The smallest absolute Gasteiger partial charge is 0.268 e. The molecule has 0 bridgehead atoms. The number of hydrogen-bond acceptors (Lipinski definition) is 5. The standard InChI is InChI=1S/C23H28F2N4O5/c1-11(2)5-17(22(33)28-16(19(31)10-30)7-12-3-4-26-21(12)32)29-23(34)18-8-13-6-14(24)9-15(25)20(13)27-18/h6,8-9,11-12,16-17,27,30H,3-5,7,10H2,1-2H3,(H,26,32)(H,28,33)(H,29,34)/t12-,16?,17?/m0/s1. The Morgan fingerprint density at radius 1 is 1.15 bits per heavy atom. The number of aliphatic hydroxyl groups excluding tert-OH is 1. The Morgan fingerprint density at radius 2 is 1.88 bits per heavy atom. The lowest BCUT2D eigenvalue weighted by atomic mass is 9.95. The number of benzene rings is 1. The molecular formula is C23H28F2N4O5. The molecule has 3 atom stereocenters. The van der Waals surface area contributed by atoms with Crippen molar-refractivity contribution in [1.29, 1.82) is 0 Å². The van der Waals surface area contributed by atoms with Crippen LogP contribution in [0.5, 0.6) is 0 Å². The highest BCUT2D eigenvalue weighted by Gasteiger charge is 2.33.